The van der Waals surface area contributed by atoms with Gasteiger partial charge in [0.2, 0.25) is 0 Å². The van der Waals surface area contributed by atoms with Gasteiger partial charge in [0.15, 0.2) is 0 Å². The quantitative estimate of drug-likeness (QED) is 0.466. The summed E-state index contributed by atoms with van der Waals surface area (Å²) in [5.41, 5.74) is 3.92. The van der Waals surface area contributed by atoms with Gasteiger partial charge in [-0.1, -0.05) is 66.7 Å². The molecule has 0 spiro atoms. The normalized spacial score (nSPS) is 13.5. The Hall–Kier alpha value is -4.01. The minimum Gasteiger partial charge on any atom is -0.481 e. The van der Waals surface area contributed by atoms with Gasteiger partial charge in [0.1, 0.15) is 12.4 Å². The molecule has 0 unspecified atom stereocenters. The third kappa shape index (κ3) is 5.14. The molecule has 1 aliphatic carbocycles. The molecule has 3 aromatic rings. The van der Waals surface area contributed by atoms with Crippen LogP contribution in [0.3, 0.4) is 0 Å². The van der Waals surface area contributed by atoms with Gasteiger partial charge in [0.05, 0.1) is 12.5 Å². The van der Waals surface area contributed by atoms with Gasteiger partial charge in [-0.3, -0.25) is 4.79 Å². The van der Waals surface area contributed by atoms with E-state index in [4.69, 9.17) is 4.74 Å². The average Bonchev–Trinajstić information content (AvgIpc) is 3.10. The predicted octanol–water partition coefficient (Wildman–Crippen LogP) is 5.64. The Morgan fingerprint density at radius 1 is 0.912 bits per heavy atom. The molecule has 1 aliphatic rings. The molecule has 0 saturated carbocycles. The lowest BCUT2D eigenvalue weighted by Crippen LogP contribution is -2.32. The Morgan fingerprint density at radius 3 is 2.06 bits per heavy atom. The van der Waals surface area contributed by atoms with Crippen LogP contribution in [0.1, 0.15) is 35.1 Å². The molecule has 0 aliphatic heterocycles. The molecule has 1 amide bonds. The molecule has 1 atom stereocenters. The van der Waals surface area contributed by atoms with E-state index in [9.17, 15) is 27.9 Å². The number of halogens is 3. The van der Waals surface area contributed by atoms with Crippen LogP contribution in [-0.2, 0) is 9.53 Å². The van der Waals surface area contributed by atoms with Crippen LogP contribution in [0.25, 0.3) is 11.1 Å². The lowest BCUT2D eigenvalue weighted by Gasteiger charge is -2.21. The highest BCUT2D eigenvalue weighted by atomic mass is 19.4. The third-order valence-corrected chi connectivity index (χ3v) is 5.53. The summed E-state index contributed by atoms with van der Waals surface area (Å²) >= 11 is 0. The Labute approximate surface area is 192 Å². The van der Waals surface area contributed by atoms with Crippen LogP contribution in [0.4, 0.5) is 18.0 Å². The van der Waals surface area contributed by atoms with Gasteiger partial charge in [-0.2, -0.15) is 0 Å². The minimum atomic E-state index is -4.98. The number of aliphatic carboxylic acids is 1. The summed E-state index contributed by atoms with van der Waals surface area (Å²) in [6.07, 6.45) is -6.59. The number of alkyl carbamates (subject to hydrolysis) is 1. The maximum absolute atomic E-state index is 12.8. The zero-order valence-corrected chi connectivity index (χ0v) is 17.7. The molecule has 0 fully saturated rings. The zero-order chi connectivity index (χ0) is 24.3. The number of carbonyl (C=O) groups excluding carboxylic acids is 1. The first-order valence-electron chi connectivity index (χ1n) is 10.4. The van der Waals surface area contributed by atoms with Crippen LogP contribution in [0.2, 0.25) is 0 Å². The van der Waals surface area contributed by atoms with Crippen LogP contribution in [0.15, 0.2) is 72.8 Å². The fourth-order valence-corrected chi connectivity index (χ4v) is 4.18. The van der Waals surface area contributed by atoms with Gasteiger partial charge >= 0.3 is 18.4 Å². The lowest BCUT2D eigenvalue weighted by atomic mass is 9.98. The Bertz CT molecular complexity index is 1170. The molecular weight excluding hydrogens is 451 g/mol. The second-order valence-electron chi connectivity index (χ2n) is 7.71. The molecule has 4 rings (SSSR count). The number of carbonyl (C=O) groups is 2. The molecule has 0 heterocycles. The molecule has 0 radical (unpaired) electrons. The standard InChI is InChI=1S/C25H20F3NO5/c26-25(27,28)34-22-12-6-5-11-19(22)21(13-23(30)31)29-24(32)33-14-20-17-9-3-1-7-15(17)16-8-2-4-10-18(16)20/h1-12,20-21H,13-14H2,(H,29,32)(H,30,31)/t21-/m1/s1. The summed E-state index contributed by atoms with van der Waals surface area (Å²) in [6, 6.07) is 19.2. The van der Waals surface area contributed by atoms with Gasteiger partial charge in [-0.05, 0) is 28.3 Å². The van der Waals surface area contributed by atoms with Gasteiger partial charge in [0.25, 0.3) is 0 Å². The molecular formula is C25H20F3NO5. The fourth-order valence-electron chi connectivity index (χ4n) is 4.18. The summed E-state index contributed by atoms with van der Waals surface area (Å²) in [6.45, 7) is -0.0274. The van der Waals surface area contributed by atoms with Crippen LogP contribution >= 0.6 is 0 Å². The molecule has 6 nitrogen and oxygen atoms in total. The minimum absolute atomic E-state index is 0.0274. The number of carboxylic acid groups (broad SMARTS) is 1. The topological polar surface area (TPSA) is 84.9 Å². The smallest absolute Gasteiger partial charge is 0.481 e. The van der Waals surface area contributed by atoms with Crippen molar-refractivity contribution < 1.29 is 37.3 Å². The van der Waals surface area contributed by atoms with Gasteiger partial charge < -0.3 is 19.9 Å². The Balaban J connectivity index is 1.51. The summed E-state index contributed by atoms with van der Waals surface area (Å²) in [5.74, 6) is -2.14. The van der Waals surface area contributed by atoms with Crippen LogP contribution in [0.5, 0.6) is 5.75 Å². The number of rotatable bonds is 7. The van der Waals surface area contributed by atoms with Crippen molar-refractivity contribution in [3.8, 4) is 16.9 Å². The van der Waals surface area contributed by atoms with Crippen molar-refractivity contribution in [1.82, 2.24) is 5.32 Å². The highest BCUT2D eigenvalue weighted by Crippen LogP contribution is 2.44. The number of alkyl halides is 3. The van der Waals surface area contributed by atoms with E-state index < -0.39 is 36.6 Å². The largest absolute Gasteiger partial charge is 0.573 e. The summed E-state index contributed by atoms with van der Waals surface area (Å²) in [4.78, 5) is 23.9. The highest BCUT2D eigenvalue weighted by molar-refractivity contribution is 5.79. The predicted molar refractivity (Wildman–Crippen MR) is 116 cm³/mol. The van der Waals surface area contributed by atoms with E-state index in [1.54, 1.807) is 0 Å². The second kappa shape index (κ2) is 9.46. The summed E-state index contributed by atoms with van der Waals surface area (Å²) < 4.78 is 47.8. The zero-order valence-electron chi connectivity index (χ0n) is 17.7. The van der Waals surface area contributed by atoms with E-state index in [0.717, 1.165) is 28.3 Å². The molecule has 0 saturated heterocycles. The summed E-state index contributed by atoms with van der Waals surface area (Å²) in [5, 5.41) is 11.6. The number of nitrogens with one attached hydrogen (secondary N) is 1. The fraction of sp³-hybridized carbons (Fsp3) is 0.200. The first kappa shape index (κ1) is 23.2. The molecule has 34 heavy (non-hydrogen) atoms. The van der Waals surface area contributed by atoms with Crippen molar-refractivity contribution in [3.05, 3.63) is 89.5 Å². The van der Waals surface area contributed by atoms with Gasteiger partial charge in [-0.25, -0.2) is 4.79 Å². The van der Waals surface area contributed by atoms with Crippen molar-refractivity contribution in [2.75, 3.05) is 6.61 Å². The Morgan fingerprint density at radius 2 is 1.47 bits per heavy atom. The number of para-hydroxylation sites is 1. The van der Waals surface area contributed by atoms with E-state index >= 15 is 0 Å². The monoisotopic (exact) mass is 471 g/mol. The first-order chi connectivity index (χ1) is 16.2. The molecule has 2 N–H and O–H groups in total. The number of benzene rings is 3. The maximum atomic E-state index is 12.8. The van der Waals surface area contributed by atoms with E-state index in [1.807, 2.05) is 48.5 Å². The van der Waals surface area contributed by atoms with E-state index in [1.165, 1.54) is 18.2 Å². The first-order valence-corrected chi connectivity index (χ1v) is 10.4. The SMILES string of the molecule is O=C(O)C[C@@H](NC(=O)OCC1c2ccccc2-c2ccccc21)c1ccccc1OC(F)(F)F. The van der Waals surface area contributed by atoms with Gasteiger partial charge in [-0.15, -0.1) is 13.2 Å². The Kier molecular flexibility index (Phi) is 6.45. The molecule has 0 aromatic heterocycles. The number of hydrogen-bond donors (Lipinski definition) is 2. The van der Waals surface area contributed by atoms with Crippen molar-refractivity contribution in [2.24, 2.45) is 0 Å². The third-order valence-electron chi connectivity index (χ3n) is 5.53. The number of ether oxygens (including phenoxy) is 2. The number of fused-ring (bicyclic) bond motifs is 3. The molecule has 0 bridgehead atoms. The van der Waals surface area contributed by atoms with Crippen molar-refractivity contribution in [2.45, 2.75) is 24.7 Å². The average molecular weight is 471 g/mol. The molecule has 9 heteroatoms. The van der Waals surface area contributed by atoms with Crippen LogP contribution in [-0.4, -0.2) is 30.1 Å². The summed E-state index contributed by atoms with van der Waals surface area (Å²) in [7, 11) is 0. The number of carboxylic acids is 1. The van der Waals surface area contributed by atoms with Gasteiger partial charge in [0, 0.05) is 11.5 Å². The number of amides is 1. The van der Waals surface area contributed by atoms with Crippen molar-refractivity contribution in [1.29, 1.82) is 0 Å². The van der Waals surface area contributed by atoms with Crippen LogP contribution in [0, 0.1) is 0 Å². The van der Waals surface area contributed by atoms with Crippen molar-refractivity contribution in [3.63, 3.8) is 0 Å². The highest BCUT2D eigenvalue weighted by Gasteiger charge is 2.34. The lowest BCUT2D eigenvalue weighted by molar-refractivity contribution is -0.275. The number of hydrogen-bond acceptors (Lipinski definition) is 4. The molecule has 176 valence electrons. The molecule has 3 aromatic carbocycles. The second-order valence-corrected chi connectivity index (χ2v) is 7.71. The van der Waals surface area contributed by atoms with E-state index in [0.29, 0.717) is 0 Å². The van der Waals surface area contributed by atoms with Crippen LogP contribution < -0.4 is 10.1 Å². The van der Waals surface area contributed by atoms with E-state index in [2.05, 4.69) is 10.1 Å². The van der Waals surface area contributed by atoms with E-state index in [-0.39, 0.29) is 18.1 Å². The maximum Gasteiger partial charge on any atom is 0.573 e. The van der Waals surface area contributed by atoms with Crippen molar-refractivity contribution >= 4 is 12.1 Å².